The van der Waals surface area contributed by atoms with Crippen LogP contribution in [-0.4, -0.2) is 18.5 Å². The van der Waals surface area contributed by atoms with E-state index in [0.29, 0.717) is 18.7 Å². The molecule has 102 valence electrons. The molecule has 0 saturated carbocycles. The van der Waals surface area contributed by atoms with Crippen molar-refractivity contribution in [3.05, 3.63) is 59.3 Å². The molecule has 0 radical (unpaired) electrons. The standard InChI is InChI=1S/C15H19FN2O/c1-11-12(7-8-19-11)10-18(2)15(9-17)13-5-3-4-6-14(13)16/h3-8,15H,9-10,17H2,1-2H3. The Kier molecular flexibility index (Phi) is 4.35. The van der Waals surface area contributed by atoms with Gasteiger partial charge in [-0.1, -0.05) is 18.2 Å². The van der Waals surface area contributed by atoms with Crippen molar-refractivity contribution in [1.82, 2.24) is 4.90 Å². The predicted molar refractivity (Wildman–Crippen MR) is 73.1 cm³/mol. The summed E-state index contributed by atoms with van der Waals surface area (Å²) in [7, 11) is 1.94. The minimum Gasteiger partial charge on any atom is -0.469 e. The first-order valence-corrected chi connectivity index (χ1v) is 6.31. The fourth-order valence-electron chi connectivity index (χ4n) is 2.24. The minimum absolute atomic E-state index is 0.143. The smallest absolute Gasteiger partial charge is 0.128 e. The van der Waals surface area contributed by atoms with Crippen LogP contribution >= 0.6 is 0 Å². The highest BCUT2D eigenvalue weighted by atomic mass is 19.1. The zero-order valence-corrected chi connectivity index (χ0v) is 11.3. The van der Waals surface area contributed by atoms with Crippen LogP contribution in [0.15, 0.2) is 41.0 Å². The lowest BCUT2D eigenvalue weighted by Crippen LogP contribution is -2.30. The Balaban J connectivity index is 2.18. The third-order valence-corrected chi connectivity index (χ3v) is 3.41. The summed E-state index contributed by atoms with van der Waals surface area (Å²) in [5.74, 6) is 0.671. The van der Waals surface area contributed by atoms with E-state index in [1.165, 1.54) is 6.07 Å². The molecule has 0 amide bonds. The zero-order chi connectivity index (χ0) is 13.8. The van der Waals surface area contributed by atoms with Crippen molar-refractivity contribution in [2.24, 2.45) is 5.73 Å². The minimum atomic E-state index is -0.214. The van der Waals surface area contributed by atoms with Crippen molar-refractivity contribution in [1.29, 1.82) is 0 Å². The van der Waals surface area contributed by atoms with E-state index >= 15 is 0 Å². The molecule has 1 atom stereocenters. The molecule has 0 aliphatic heterocycles. The van der Waals surface area contributed by atoms with Gasteiger partial charge in [0, 0.05) is 30.3 Å². The van der Waals surface area contributed by atoms with E-state index in [2.05, 4.69) is 0 Å². The highest BCUT2D eigenvalue weighted by Crippen LogP contribution is 2.23. The van der Waals surface area contributed by atoms with Crippen molar-refractivity contribution in [2.45, 2.75) is 19.5 Å². The molecule has 2 rings (SSSR count). The molecule has 0 spiro atoms. The van der Waals surface area contributed by atoms with Gasteiger partial charge in [-0.15, -0.1) is 0 Å². The maximum absolute atomic E-state index is 13.8. The number of nitrogens with zero attached hydrogens (tertiary/aromatic N) is 1. The average molecular weight is 262 g/mol. The van der Waals surface area contributed by atoms with E-state index in [0.717, 1.165) is 11.3 Å². The normalized spacial score (nSPS) is 12.9. The Bertz CT molecular complexity index is 538. The quantitative estimate of drug-likeness (QED) is 0.901. The van der Waals surface area contributed by atoms with Crippen LogP contribution in [-0.2, 0) is 6.54 Å². The molecule has 1 aromatic heterocycles. The molecule has 19 heavy (non-hydrogen) atoms. The molecule has 1 aromatic carbocycles. The van der Waals surface area contributed by atoms with Gasteiger partial charge in [-0.3, -0.25) is 4.90 Å². The fraction of sp³-hybridized carbons (Fsp3) is 0.333. The number of likely N-dealkylation sites (N-methyl/N-ethyl adjacent to an activating group) is 1. The summed E-state index contributed by atoms with van der Waals surface area (Å²) in [5, 5.41) is 0. The van der Waals surface area contributed by atoms with E-state index in [1.54, 1.807) is 18.4 Å². The Morgan fingerprint density at radius 1 is 1.32 bits per heavy atom. The van der Waals surface area contributed by atoms with Crippen LogP contribution in [0.4, 0.5) is 4.39 Å². The van der Waals surface area contributed by atoms with Gasteiger partial charge in [0.05, 0.1) is 6.26 Å². The Morgan fingerprint density at radius 3 is 2.63 bits per heavy atom. The van der Waals surface area contributed by atoms with E-state index in [4.69, 9.17) is 10.2 Å². The number of aryl methyl sites for hydroxylation is 1. The lowest BCUT2D eigenvalue weighted by molar-refractivity contribution is 0.235. The van der Waals surface area contributed by atoms with E-state index in [-0.39, 0.29) is 11.9 Å². The third-order valence-electron chi connectivity index (χ3n) is 3.41. The molecule has 3 nitrogen and oxygen atoms in total. The Labute approximate surface area is 112 Å². The first-order valence-electron chi connectivity index (χ1n) is 6.31. The lowest BCUT2D eigenvalue weighted by atomic mass is 10.0. The van der Waals surface area contributed by atoms with Crippen LogP contribution < -0.4 is 5.73 Å². The van der Waals surface area contributed by atoms with E-state index in [1.807, 2.05) is 31.0 Å². The second kappa shape index (κ2) is 5.99. The van der Waals surface area contributed by atoms with Crippen LogP contribution in [0.25, 0.3) is 0 Å². The zero-order valence-electron chi connectivity index (χ0n) is 11.3. The summed E-state index contributed by atoms with van der Waals surface area (Å²) < 4.78 is 19.1. The van der Waals surface area contributed by atoms with Crippen LogP contribution in [0, 0.1) is 12.7 Å². The summed E-state index contributed by atoms with van der Waals surface area (Å²) >= 11 is 0. The number of benzene rings is 1. The van der Waals surface area contributed by atoms with Crippen molar-refractivity contribution in [3.8, 4) is 0 Å². The van der Waals surface area contributed by atoms with Gasteiger partial charge in [0.25, 0.3) is 0 Å². The molecule has 2 aromatic rings. The maximum atomic E-state index is 13.8. The van der Waals surface area contributed by atoms with Gasteiger partial charge in [0.1, 0.15) is 11.6 Å². The third kappa shape index (κ3) is 3.03. The summed E-state index contributed by atoms with van der Waals surface area (Å²) in [6.07, 6.45) is 1.67. The summed E-state index contributed by atoms with van der Waals surface area (Å²) in [6, 6.07) is 8.56. The van der Waals surface area contributed by atoms with Gasteiger partial charge < -0.3 is 10.2 Å². The monoisotopic (exact) mass is 262 g/mol. The number of rotatable bonds is 5. The lowest BCUT2D eigenvalue weighted by Gasteiger charge is -2.27. The van der Waals surface area contributed by atoms with Gasteiger partial charge in [0.15, 0.2) is 0 Å². The fourth-order valence-corrected chi connectivity index (χ4v) is 2.24. The molecule has 0 aliphatic rings. The van der Waals surface area contributed by atoms with Gasteiger partial charge in [-0.2, -0.15) is 0 Å². The molecule has 1 heterocycles. The molecule has 1 unspecified atom stereocenters. The van der Waals surface area contributed by atoms with Crippen LogP contribution in [0.3, 0.4) is 0 Å². The number of halogens is 1. The summed E-state index contributed by atoms with van der Waals surface area (Å²) in [6.45, 7) is 2.97. The molecule has 0 aliphatic carbocycles. The topological polar surface area (TPSA) is 42.4 Å². The second-order valence-corrected chi connectivity index (χ2v) is 4.69. The van der Waals surface area contributed by atoms with Crippen molar-refractivity contribution < 1.29 is 8.81 Å². The molecule has 2 N–H and O–H groups in total. The molecular formula is C15H19FN2O. The van der Waals surface area contributed by atoms with Crippen LogP contribution in [0.2, 0.25) is 0 Å². The van der Waals surface area contributed by atoms with Gasteiger partial charge in [-0.05, 0) is 26.1 Å². The van der Waals surface area contributed by atoms with Crippen molar-refractivity contribution in [3.63, 3.8) is 0 Å². The van der Waals surface area contributed by atoms with Crippen LogP contribution in [0.5, 0.6) is 0 Å². The van der Waals surface area contributed by atoms with Crippen molar-refractivity contribution >= 4 is 0 Å². The first-order chi connectivity index (χ1) is 9.13. The number of hydrogen-bond donors (Lipinski definition) is 1. The predicted octanol–water partition coefficient (Wildman–Crippen LogP) is 2.86. The van der Waals surface area contributed by atoms with E-state index < -0.39 is 0 Å². The maximum Gasteiger partial charge on any atom is 0.128 e. The Hall–Kier alpha value is -1.65. The summed E-state index contributed by atoms with van der Waals surface area (Å²) in [4.78, 5) is 2.04. The molecule has 0 fully saturated rings. The molecular weight excluding hydrogens is 243 g/mol. The number of furan rings is 1. The average Bonchev–Trinajstić information content (AvgIpc) is 2.78. The van der Waals surface area contributed by atoms with Crippen molar-refractivity contribution in [2.75, 3.05) is 13.6 Å². The molecule has 0 bridgehead atoms. The molecule has 0 saturated heterocycles. The largest absolute Gasteiger partial charge is 0.469 e. The number of hydrogen-bond acceptors (Lipinski definition) is 3. The number of nitrogens with two attached hydrogens (primary N) is 1. The van der Waals surface area contributed by atoms with Gasteiger partial charge >= 0.3 is 0 Å². The highest BCUT2D eigenvalue weighted by Gasteiger charge is 2.19. The van der Waals surface area contributed by atoms with E-state index in [9.17, 15) is 4.39 Å². The van der Waals surface area contributed by atoms with Crippen LogP contribution in [0.1, 0.15) is 22.9 Å². The van der Waals surface area contributed by atoms with Gasteiger partial charge in [0.2, 0.25) is 0 Å². The first kappa shape index (κ1) is 13.8. The summed E-state index contributed by atoms with van der Waals surface area (Å²) in [5.41, 5.74) is 7.54. The second-order valence-electron chi connectivity index (χ2n) is 4.69. The highest BCUT2D eigenvalue weighted by molar-refractivity contribution is 5.22. The molecule has 4 heteroatoms. The van der Waals surface area contributed by atoms with Gasteiger partial charge in [-0.25, -0.2) is 4.39 Å². The Morgan fingerprint density at radius 2 is 2.05 bits per heavy atom. The SMILES string of the molecule is Cc1occc1CN(C)C(CN)c1ccccc1F.